The number of aromatic nitrogens is 1. The highest BCUT2D eigenvalue weighted by molar-refractivity contribution is 7.90. The van der Waals surface area contributed by atoms with Crippen LogP contribution in [0.2, 0.25) is 5.02 Å². The van der Waals surface area contributed by atoms with Crippen LogP contribution >= 0.6 is 11.6 Å². The minimum atomic E-state index is -4.02. The Balaban J connectivity index is 1.84. The third kappa shape index (κ3) is 4.19. The number of benzene rings is 3. The van der Waals surface area contributed by atoms with Crippen LogP contribution in [0.1, 0.15) is 12.0 Å². The zero-order valence-corrected chi connectivity index (χ0v) is 17.7. The standard InChI is InChI=1S/C23H17ClFNO4S/c24-18-5-1-3-15(11-18)16-4-2-6-20(12-16)31(29,30)26-14-17(7-10-23(27)28)21-13-19(25)8-9-22(21)26/h1-6,8-9,11-14H,7,10H2,(H,27,28). The van der Waals surface area contributed by atoms with Crippen LogP contribution in [0.5, 0.6) is 0 Å². The van der Waals surface area contributed by atoms with Crippen LogP contribution in [0.4, 0.5) is 4.39 Å². The molecule has 0 aliphatic heterocycles. The summed E-state index contributed by atoms with van der Waals surface area (Å²) < 4.78 is 41.8. The number of halogens is 2. The molecule has 4 aromatic rings. The Morgan fingerprint density at radius 3 is 2.42 bits per heavy atom. The lowest BCUT2D eigenvalue weighted by molar-refractivity contribution is -0.136. The van der Waals surface area contributed by atoms with Gasteiger partial charge >= 0.3 is 5.97 Å². The van der Waals surface area contributed by atoms with E-state index in [1.807, 2.05) is 6.07 Å². The number of aliphatic carboxylic acids is 1. The maximum absolute atomic E-state index is 13.8. The SMILES string of the molecule is O=C(O)CCc1cn(S(=O)(=O)c2cccc(-c3cccc(Cl)c3)c2)c2ccc(F)cc12. The van der Waals surface area contributed by atoms with Gasteiger partial charge in [0.05, 0.1) is 10.4 Å². The van der Waals surface area contributed by atoms with Gasteiger partial charge in [0.25, 0.3) is 10.0 Å². The lowest BCUT2D eigenvalue weighted by Gasteiger charge is -2.10. The van der Waals surface area contributed by atoms with Crippen molar-refractivity contribution in [2.75, 3.05) is 0 Å². The molecule has 0 spiro atoms. The monoisotopic (exact) mass is 457 g/mol. The van der Waals surface area contributed by atoms with Crippen LogP contribution in [0.15, 0.2) is 77.8 Å². The van der Waals surface area contributed by atoms with Crippen molar-refractivity contribution < 1.29 is 22.7 Å². The van der Waals surface area contributed by atoms with Crippen LogP contribution in [0.25, 0.3) is 22.0 Å². The molecule has 158 valence electrons. The molecule has 0 saturated heterocycles. The fraction of sp³-hybridized carbons (Fsp3) is 0.0870. The van der Waals surface area contributed by atoms with Gasteiger partial charge in [0.2, 0.25) is 0 Å². The summed E-state index contributed by atoms with van der Waals surface area (Å²) >= 11 is 6.06. The second-order valence-electron chi connectivity index (χ2n) is 7.05. The summed E-state index contributed by atoms with van der Waals surface area (Å²) in [6, 6.07) is 17.3. The molecule has 1 heterocycles. The van der Waals surface area contributed by atoms with Crippen molar-refractivity contribution in [1.82, 2.24) is 3.97 Å². The highest BCUT2D eigenvalue weighted by Gasteiger charge is 2.22. The summed E-state index contributed by atoms with van der Waals surface area (Å²) in [6.07, 6.45) is 1.26. The molecule has 0 aliphatic rings. The quantitative estimate of drug-likeness (QED) is 0.423. The third-order valence-electron chi connectivity index (χ3n) is 4.97. The van der Waals surface area contributed by atoms with Crippen LogP contribution in [0.3, 0.4) is 0 Å². The van der Waals surface area contributed by atoms with Crippen molar-refractivity contribution in [2.45, 2.75) is 17.7 Å². The second kappa shape index (κ2) is 8.17. The van der Waals surface area contributed by atoms with E-state index in [2.05, 4.69) is 0 Å². The first-order valence-electron chi connectivity index (χ1n) is 9.38. The average Bonchev–Trinajstić information content (AvgIpc) is 3.11. The summed E-state index contributed by atoms with van der Waals surface area (Å²) in [6.45, 7) is 0. The molecule has 31 heavy (non-hydrogen) atoms. The molecule has 8 heteroatoms. The molecule has 0 radical (unpaired) electrons. The van der Waals surface area contributed by atoms with Crippen molar-refractivity contribution in [2.24, 2.45) is 0 Å². The van der Waals surface area contributed by atoms with E-state index in [1.54, 1.807) is 36.4 Å². The number of carbonyl (C=O) groups is 1. The molecular weight excluding hydrogens is 441 g/mol. The predicted molar refractivity (Wildman–Crippen MR) is 117 cm³/mol. The lowest BCUT2D eigenvalue weighted by atomic mass is 10.1. The first kappa shape index (κ1) is 21.1. The van der Waals surface area contributed by atoms with Crippen LogP contribution in [-0.2, 0) is 21.2 Å². The third-order valence-corrected chi connectivity index (χ3v) is 6.88. The number of carboxylic acids is 1. The van der Waals surface area contributed by atoms with E-state index in [-0.39, 0.29) is 23.3 Å². The molecule has 5 nitrogen and oxygen atoms in total. The Kier molecular flexibility index (Phi) is 5.56. The van der Waals surface area contributed by atoms with Crippen molar-refractivity contribution in [3.05, 3.63) is 89.3 Å². The Labute approximate surface area is 183 Å². The minimum absolute atomic E-state index is 0.0518. The maximum Gasteiger partial charge on any atom is 0.303 e. The molecule has 4 rings (SSSR count). The van der Waals surface area contributed by atoms with Gasteiger partial charge in [0.1, 0.15) is 5.82 Å². The normalized spacial score (nSPS) is 11.7. The van der Waals surface area contributed by atoms with E-state index in [0.29, 0.717) is 21.5 Å². The van der Waals surface area contributed by atoms with Gasteiger partial charge in [0.15, 0.2) is 0 Å². The van der Waals surface area contributed by atoms with Gasteiger partial charge in [-0.25, -0.2) is 16.8 Å². The molecule has 0 aliphatic carbocycles. The molecule has 0 fully saturated rings. The van der Waals surface area contributed by atoms with E-state index < -0.39 is 21.8 Å². The molecule has 1 aromatic heterocycles. The zero-order valence-electron chi connectivity index (χ0n) is 16.1. The summed E-state index contributed by atoms with van der Waals surface area (Å²) in [5, 5.41) is 9.90. The van der Waals surface area contributed by atoms with Gasteiger partial charge in [0, 0.05) is 23.0 Å². The Morgan fingerprint density at radius 2 is 1.71 bits per heavy atom. The van der Waals surface area contributed by atoms with Crippen molar-refractivity contribution in [3.8, 4) is 11.1 Å². The van der Waals surface area contributed by atoms with E-state index in [1.165, 1.54) is 30.5 Å². The molecule has 1 N–H and O–H groups in total. The Bertz CT molecular complexity index is 1410. The summed E-state index contributed by atoms with van der Waals surface area (Å²) in [4.78, 5) is 11.0. The fourth-order valence-electron chi connectivity index (χ4n) is 3.50. The molecule has 0 bridgehead atoms. The van der Waals surface area contributed by atoms with Crippen molar-refractivity contribution in [3.63, 3.8) is 0 Å². The van der Waals surface area contributed by atoms with Gasteiger partial charge in [-0.3, -0.25) is 4.79 Å². The Morgan fingerprint density at radius 1 is 1.00 bits per heavy atom. The summed E-state index contributed by atoms with van der Waals surface area (Å²) in [5.74, 6) is -1.54. The minimum Gasteiger partial charge on any atom is -0.481 e. The number of hydrogen-bond acceptors (Lipinski definition) is 3. The van der Waals surface area contributed by atoms with Crippen molar-refractivity contribution in [1.29, 1.82) is 0 Å². The number of aryl methyl sites for hydroxylation is 1. The average molecular weight is 458 g/mol. The van der Waals surface area contributed by atoms with Gasteiger partial charge in [-0.1, -0.05) is 35.9 Å². The first-order valence-corrected chi connectivity index (χ1v) is 11.2. The molecular formula is C23H17ClFNO4S. The van der Waals surface area contributed by atoms with Gasteiger partial charge in [-0.2, -0.15) is 0 Å². The topological polar surface area (TPSA) is 76.4 Å². The first-order chi connectivity index (χ1) is 14.8. The lowest BCUT2D eigenvalue weighted by Crippen LogP contribution is -2.12. The van der Waals surface area contributed by atoms with Crippen molar-refractivity contribution >= 4 is 38.5 Å². The molecule has 0 unspecified atom stereocenters. The van der Waals surface area contributed by atoms with Gasteiger partial charge in [-0.05, 0) is 65.6 Å². The number of carboxylic acid groups (broad SMARTS) is 1. The molecule has 0 atom stereocenters. The fourth-order valence-corrected chi connectivity index (χ4v) is 5.12. The predicted octanol–water partition coefficient (Wildman–Crippen LogP) is 5.36. The van der Waals surface area contributed by atoms with E-state index in [9.17, 15) is 17.6 Å². The molecule has 0 amide bonds. The Hall–Kier alpha value is -3.16. The van der Waals surface area contributed by atoms with Crippen LogP contribution in [0, 0.1) is 5.82 Å². The molecule has 3 aromatic carbocycles. The van der Waals surface area contributed by atoms with E-state index in [0.717, 1.165) is 9.54 Å². The highest BCUT2D eigenvalue weighted by atomic mass is 35.5. The van der Waals surface area contributed by atoms with Gasteiger partial charge in [-0.15, -0.1) is 0 Å². The van der Waals surface area contributed by atoms with E-state index in [4.69, 9.17) is 16.7 Å². The summed E-state index contributed by atoms with van der Waals surface area (Å²) in [5.41, 5.74) is 2.18. The number of hydrogen-bond donors (Lipinski definition) is 1. The second-order valence-corrected chi connectivity index (χ2v) is 9.30. The van der Waals surface area contributed by atoms with Gasteiger partial charge < -0.3 is 5.11 Å². The molecule has 0 saturated carbocycles. The smallest absolute Gasteiger partial charge is 0.303 e. The van der Waals surface area contributed by atoms with Crippen LogP contribution < -0.4 is 0 Å². The highest BCUT2D eigenvalue weighted by Crippen LogP contribution is 2.30. The number of nitrogens with zero attached hydrogens (tertiary/aromatic N) is 1. The summed E-state index contributed by atoms with van der Waals surface area (Å²) in [7, 11) is -4.02. The largest absolute Gasteiger partial charge is 0.481 e. The number of fused-ring (bicyclic) bond motifs is 1. The van der Waals surface area contributed by atoms with E-state index >= 15 is 0 Å². The maximum atomic E-state index is 13.8. The van der Waals surface area contributed by atoms with Crippen LogP contribution in [-0.4, -0.2) is 23.5 Å². The zero-order chi connectivity index (χ0) is 22.2. The number of rotatable bonds is 6.